The van der Waals surface area contributed by atoms with Gasteiger partial charge in [0.2, 0.25) is 5.91 Å². The number of benzene rings is 4. The van der Waals surface area contributed by atoms with Crippen molar-refractivity contribution in [1.82, 2.24) is 10.7 Å². The van der Waals surface area contributed by atoms with Gasteiger partial charge < -0.3 is 10.1 Å². The minimum absolute atomic E-state index is 0.149. The van der Waals surface area contributed by atoms with Gasteiger partial charge in [0.15, 0.2) is 0 Å². The Morgan fingerprint density at radius 2 is 1.32 bits per heavy atom. The molecule has 2 amide bonds. The molecule has 41 heavy (non-hydrogen) atoms. The summed E-state index contributed by atoms with van der Waals surface area (Å²) in [4.78, 5) is 26.7. The normalized spacial score (nSPS) is 12.0. The second-order valence-electron chi connectivity index (χ2n) is 9.81. The summed E-state index contributed by atoms with van der Waals surface area (Å²) in [7, 11) is 0. The highest BCUT2D eigenvalue weighted by molar-refractivity contribution is 14.1. The van der Waals surface area contributed by atoms with Crippen molar-refractivity contribution in [3.8, 4) is 5.75 Å². The number of nitrogens with zero attached hydrogens (tertiary/aromatic N) is 1. The van der Waals surface area contributed by atoms with E-state index in [1.165, 1.54) is 0 Å². The van der Waals surface area contributed by atoms with Crippen molar-refractivity contribution in [2.45, 2.75) is 32.4 Å². The van der Waals surface area contributed by atoms with Crippen LogP contribution in [0.25, 0.3) is 0 Å². The van der Waals surface area contributed by atoms with E-state index >= 15 is 0 Å². The Balaban J connectivity index is 1.42. The van der Waals surface area contributed by atoms with E-state index in [1.54, 1.807) is 6.21 Å². The number of amides is 2. The smallest absolute Gasteiger partial charge is 0.262 e. The molecule has 0 aliphatic rings. The van der Waals surface area contributed by atoms with Gasteiger partial charge >= 0.3 is 0 Å². The Hall–Kier alpha value is -3.25. The van der Waals surface area contributed by atoms with Crippen molar-refractivity contribution in [3.63, 3.8) is 0 Å². The number of hydrazone groups is 1. The monoisotopic (exact) mass is 771 g/mol. The zero-order valence-electron chi connectivity index (χ0n) is 22.8. The Kier molecular flexibility index (Phi) is 11.3. The molecular weight excluding hydrogens is 740 g/mol. The molecule has 0 saturated heterocycles. The van der Waals surface area contributed by atoms with Gasteiger partial charge in [-0.3, -0.25) is 9.59 Å². The summed E-state index contributed by atoms with van der Waals surface area (Å²) in [5.41, 5.74) is 6.25. The Morgan fingerprint density at radius 3 is 1.83 bits per heavy atom. The van der Waals surface area contributed by atoms with Gasteiger partial charge in [-0.05, 0) is 85.5 Å². The number of carbonyl (C=O) groups excluding carboxylic acids is 2. The Labute approximate surface area is 268 Å². The second kappa shape index (κ2) is 15.1. The number of ether oxygens (including phenoxy) is 1. The van der Waals surface area contributed by atoms with E-state index in [1.807, 2.05) is 117 Å². The zero-order valence-corrected chi connectivity index (χ0v) is 27.1. The van der Waals surface area contributed by atoms with Crippen molar-refractivity contribution >= 4 is 63.2 Å². The number of halogens is 2. The fraction of sp³-hybridized carbons (Fsp3) is 0.182. The van der Waals surface area contributed by atoms with E-state index in [9.17, 15) is 9.59 Å². The second-order valence-corrected chi connectivity index (χ2v) is 12.1. The lowest BCUT2D eigenvalue weighted by molar-refractivity contribution is -0.130. The minimum atomic E-state index is -0.761. The van der Waals surface area contributed by atoms with Crippen molar-refractivity contribution in [3.05, 3.63) is 133 Å². The van der Waals surface area contributed by atoms with Gasteiger partial charge in [-0.2, -0.15) is 5.10 Å². The maximum absolute atomic E-state index is 13.6. The van der Waals surface area contributed by atoms with Gasteiger partial charge in [-0.25, -0.2) is 5.43 Å². The number of hydrogen-bond acceptors (Lipinski definition) is 4. The third kappa shape index (κ3) is 8.62. The predicted octanol–water partition coefficient (Wildman–Crippen LogP) is 6.90. The van der Waals surface area contributed by atoms with E-state index in [4.69, 9.17) is 4.74 Å². The van der Waals surface area contributed by atoms with E-state index in [2.05, 4.69) is 61.0 Å². The summed E-state index contributed by atoms with van der Waals surface area (Å²) in [6.07, 6.45) is 1.60. The Bertz CT molecular complexity index is 1420. The average Bonchev–Trinajstić information content (AvgIpc) is 2.97. The van der Waals surface area contributed by atoms with Gasteiger partial charge in [0.1, 0.15) is 18.4 Å². The van der Waals surface area contributed by atoms with Crippen LogP contribution in [-0.4, -0.2) is 24.1 Å². The molecule has 4 rings (SSSR count). The van der Waals surface area contributed by atoms with Crippen molar-refractivity contribution in [1.29, 1.82) is 0 Å². The van der Waals surface area contributed by atoms with Crippen LogP contribution in [0.5, 0.6) is 5.75 Å². The first-order valence-corrected chi connectivity index (χ1v) is 15.4. The van der Waals surface area contributed by atoms with Crippen LogP contribution >= 0.6 is 45.2 Å². The molecule has 210 valence electrons. The standard InChI is InChI=1S/C33H31I2N3O3/c1-22(2)30(37-32(39)29(25-14-8-4-9-15-25)26-16-10-5-11-17-26)33(40)38-36-20-24-18-27(34)31(28(35)19-24)41-21-23-12-6-3-7-13-23/h3-20,22,29-30H,21H2,1-2H3,(H,37,39)(H,38,40)/b36-20+. The molecule has 0 fully saturated rings. The molecular formula is C33H31I2N3O3. The third-order valence-corrected chi connectivity index (χ3v) is 8.01. The molecule has 0 heterocycles. The van der Waals surface area contributed by atoms with Gasteiger partial charge in [0.05, 0.1) is 19.3 Å². The molecule has 8 heteroatoms. The van der Waals surface area contributed by atoms with Crippen LogP contribution in [-0.2, 0) is 16.2 Å². The van der Waals surface area contributed by atoms with Crippen molar-refractivity contribution in [2.75, 3.05) is 0 Å². The number of hydrogen-bond donors (Lipinski definition) is 2. The fourth-order valence-electron chi connectivity index (χ4n) is 4.32. The summed E-state index contributed by atoms with van der Waals surface area (Å²) < 4.78 is 7.95. The highest BCUT2D eigenvalue weighted by Gasteiger charge is 2.29. The molecule has 1 unspecified atom stereocenters. The number of nitrogens with one attached hydrogen (secondary N) is 2. The van der Waals surface area contributed by atoms with Crippen LogP contribution in [0.3, 0.4) is 0 Å². The molecule has 4 aromatic carbocycles. The van der Waals surface area contributed by atoms with Crippen LogP contribution in [0.1, 0.15) is 42.0 Å². The first-order valence-electron chi connectivity index (χ1n) is 13.2. The topological polar surface area (TPSA) is 79.8 Å². The fourth-order valence-corrected chi connectivity index (χ4v) is 6.45. The Morgan fingerprint density at radius 1 is 0.805 bits per heavy atom. The molecule has 0 saturated carbocycles. The SMILES string of the molecule is CC(C)C(NC(=O)C(c1ccccc1)c1ccccc1)C(=O)N/N=C/c1cc(I)c(OCc2ccccc2)c(I)c1. The highest BCUT2D eigenvalue weighted by Crippen LogP contribution is 2.29. The van der Waals surface area contributed by atoms with E-state index in [0.29, 0.717) is 6.61 Å². The predicted molar refractivity (Wildman–Crippen MR) is 180 cm³/mol. The van der Waals surface area contributed by atoms with Crippen LogP contribution in [0.4, 0.5) is 0 Å². The first-order chi connectivity index (χ1) is 19.8. The van der Waals surface area contributed by atoms with E-state index < -0.39 is 12.0 Å². The highest BCUT2D eigenvalue weighted by atomic mass is 127. The van der Waals surface area contributed by atoms with Crippen LogP contribution < -0.4 is 15.5 Å². The molecule has 1 atom stereocenters. The molecule has 0 aliphatic heterocycles. The third-order valence-electron chi connectivity index (χ3n) is 6.41. The van der Waals surface area contributed by atoms with Crippen LogP contribution in [0.15, 0.2) is 108 Å². The molecule has 0 aromatic heterocycles. The van der Waals surface area contributed by atoms with Crippen LogP contribution in [0, 0.1) is 13.1 Å². The maximum Gasteiger partial charge on any atom is 0.262 e. The molecule has 2 N–H and O–H groups in total. The van der Waals surface area contributed by atoms with Crippen molar-refractivity contribution < 1.29 is 14.3 Å². The molecule has 6 nitrogen and oxygen atoms in total. The maximum atomic E-state index is 13.6. The molecule has 0 spiro atoms. The summed E-state index contributed by atoms with van der Waals surface area (Å²) >= 11 is 4.48. The summed E-state index contributed by atoms with van der Waals surface area (Å²) in [6, 6.07) is 32.3. The molecule has 0 radical (unpaired) electrons. The lowest BCUT2D eigenvalue weighted by atomic mass is 9.89. The summed E-state index contributed by atoms with van der Waals surface area (Å²) in [5, 5.41) is 7.17. The lowest BCUT2D eigenvalue weighted by Gasteiger charge is -2.24. The van der Waals surface area contributed by atoms with Crippen LogP contribution in [0.2, 0.25) is 0 Å². The molecule has 4 aromatic rings. The summed E-state index contributed by atoms with van der Waals surface area (Å²) in [5.74, 6) is -0.497. The quantitative estimate of drug-likeness (QED) is 0.0991. The van der Waals surface area contributed by atoms with E-state index in [-0.39, 0.29) is 17.7 Å². The number of rotatable bonds is 11. The average molecular weight is 771 g/mol. The van der Waals surface area contributed by atoms with Gasteiger partial charge in [-0.1, -0.05) is 105 Å². The van der Waals surface area contributed by atoms with Crippen molar-refractivity contribution in [2.24, 2.45) is 11.0 Å². The first kappa shape index (κ1) is 30.7. The molecule has 0 aliphatic carbocycles. The van der Waals surface area contributed by atoms with Gasteiger partial charge in [-0.15, -0.1) is 0 Å². The minimum Gasteiger partial charge on any atom is -0.487 e. The number of carbonyl (C=O) groups is 2. The summed E-state index contributed by atoms with van der Waals surface area (Å²) in [6.45, 7) is 4.27. The molecule has 0 bridgehead atoms. The lowest BCUT2D eigenvalue weighted by Crippen LogP contribution is -2.50. The van der Waals surface area contributed by atoms with Gasteiger partial charge in [0.25, 0.3) is 5.91 Å². The largest absolute Gasteiger partial charge is 0.487 e. The zero-order chi connectivity index (χ0) is 29.2. The van der Waals surface area contributed by atoms with E-state index in [0.717, 1.165) is 35.1 Å². The van der Waals surface area contributed by atoms with Gasteiger partial charge in [0, 0.05) is 0 Å².